The van der Waals surface area contributed by atoms with Crippen molar-refractivity contribution in [1.82, 2.24) is 9.97 Å². The quantitative estimate of drug-likeness (QED) is 0.885. The maximum atomic E-state index is 6.08. The molecule has 0 saturated carbocycles. The van der Waals surface area contributed by atoms with Crippen LogP contribution in [0.1, 0.15) is 12.5 Å². The van der Waals surface area contributed by atoms with Crippen molar-refractivity contribution in [3.8, 4) is 0 Å². The zero-order chi connectivity index (χ0) is 13.8. The van der Waals surface area contributed by atoms with Crippen molar-refractivity contribution in [3.05, 3.63) is 40.0 Å². The van der Waals surface area contributed by atoms with Crippen LogP contribution in [0.3, 0.4) is 0 Å². The summed E-state index contributed by atoms with van der Waals surface area (Å²) in [7, 11) is 0. The second-order valence-corrected chi connectivity index (χ2v) is 4.82. The van der Waals surface area contributed by atoms with E-state index in [0.29, 0.717) is 21.8 Å². The monoisotopic (exact) mass is 296 g/mol. The Morgan fingerprint density at radius 2 is 2.00 bits per heavy atom. The topological polar surface area (TPSA) is 49.8 Å². The van der Waals surface area contributed by atoms with Gasteiger partial charge in [0.2, 0.25) is 5.95 Å². The Balaban J connectivity index is 2.26. The standard InChI is InChI=1S/C13H14Cl2N4/c1-3-16-13-17-7-11(15)12(19-13)18-9-5-4-8(2)10(14)6-9/h4-7H,3H2,1-2H3,(H2,16,17,18,19). The average Bonchev–Trinajstić information content (AvgIpc) is 2.38. The molecule has 0 unspecified atom stereocenters. The Hall–Kier alpha value is -1.52. The van der Waals surface area contributed by atoms with Gasteiger partial charge in [-0.25, -0.2) is 4.98 Å². The lowest BCUT2D eigenvalue weighted by Crippen LogP contribution is -2.04. The molecule has 0 fully saturated rings. The maximum absolute atomic E-state index is 6.08. The minimum absolute atomic E-state index is 0.457. The fraction of sp³-hybridized carbons (Fsp3) is 0.231. The highest BCUT2D eigenvalue weighted by atomic mass is 35.5. The van der Waals surface area contributed by atoms with Crippen molar-refractivity contribution >= 4 is 40.7 Å². The summed E-state index contributed by atoms with van der Waals surface area (Å²) in [6, 6.07) is 5.69. The van der Waals surface area contributed by atoms with Crippen LogP contribution in [0.4, 0.5) is 17.5 Å². The molecule has 1 aromatic carbocycles. The van der Waals surface area contributed by atoms with E-state index in [1.165, 1.54) is 0 Å². The van der Waals surface area contributed by atoms with Gasteiger partial charge in [-0.2, -0.15) is 4.98 Å². The third-order valence-corrected chi connectivity index (χ3v) is 3.20. The van der Waals surface area contributed by atoms with Gasteiger partial charge in [0.1, 0.15) is 5.02 Å². The molecule has 100 valence electrons. The van der Waals surface area contributed by atoms with E-state index < -0.39 is 0 Å². The molecule has 0 spiro atoms. The van der Waals surface area contributed by atoms with E-state index in [2.05, 4.69) is 20.6 Å². The van der Waals surface area contributed by atoms with Gasteiger partial charge in [-0.3, -0.25) is 0 Å². The van der Waals surface area contributed by atoms with Crippen LogP contribution in [-0.4, -0.2) is 16.5 Å². The number of anilines is 3. The number of aryl methyl sites for hydroxylation is 1. The predicted molar refractivity (Wildman–Crippen MR) is 80.7 cm³/mol. The summed E-state index contributed by atoms with van der Waals surface area (Å²) in [6.07, 6.45) is 1.56. The molecule has 1 aromatic heterocycles. The van der Waals surface area contributed by atoms with E-state index in [9.17, 15) is 0 Å². The summed E-state index contributed by atoms with van der Waals surface area (Å²) in [6.45, 7) is 4.68. The molecule has 0 aliphatic rings. The third-order valence-electron chi connectivity index (χ3n) is 2.51. The van der Waals surface area contributed by atoms with E-state index in [1.54, 1.807) is 6.20 Å². The van der Waals surface area contributed by atoms with Crippen molar-refractivity contribution in [2.75, 3.05) is 17.2 Å². The highest BCUT2D eigenvalue weighted by Gasteiger charge is 2.06. The maximum Gasteiger partial charge on any atom is 0.224 e. The number of nitrogens with zero attached hydrogens (tertiary/aromatic N) is 2. The smallest absolute Gasteiger partial charge is 0.224 e. The zero-order valence-electron chi connectivity index (χ0n) is 10.7. The Morgan fingerprint density at radius 3 is 2.68 bits per heavy atom. The second-order valence-electron chi connectivity index (χ2n) is 4.01. The molecule has 2 N–H and O–H groups in total. The Labute approximate surface area is 122 Å². The Morgan fingerprint density at radius 1 is 1.21 bits per heavy atom. The van der Waals surface area contributed by atoms with Crippen LogP contribution in [0.15, 0.2) is 24.4 Å². The van der Waals surface area contributed by atoms with Crippen LogP contribution in [0.5, 0.6) is 0 Å². The first-order valence-electron chi connectivity index (χ1n) is 5.89. The summed E-state index contributed by atoms with van der Waals surface area (Å²) in [5, 5.41) is 7.32. The first-order valence-corrected chi connectivity index (χ1v) is 6.65. The van der Waals surface area contributed by atoms with Crippen molar-refractivity contribution in [3.63, 3.8) is 0 Å². The molecule has 0 aliphatic heterocycles. The van der Waals surface area contributed by atoms with E-state index in [4.69, 9.17) is 23.2 Å². The molecule has 0 aliphatic carbocycles. The molecule has 1 heterocycles. The summed E-state index contributed by atoms with van der Waals surface area (Å²) in [5.74, 6) is 1.08. The third kappa shape index (κ3) is 3.49. The van der Waals surface area contributed by atoms with Crippen LogP contribution >= 0.6 is 23.2 Å². The lowest BCUT2D eigenvalue weighted by atomic mass is 10.2. The molecule has 6 heteroatoms. The normalized spacial score (nSPS) is 10.3. The summed E-state index contributed by atoms with van der Waals surface area (Å²) >= 11 is 12.2. The van der Waals surface area contributed by atoms with Crippen molar-refractivity contribution in [2.24, 2.45) is 0 Å². The minimum atomic E-state index is 0.457. The van der Waals surface area contributed by atoms with Crippen LogP contribution in [0.25, 0.3) is 0 Å². The number of nitrogens with one attached hydrogen (secondary N) is 2. The van der Waals surface area contributed by atoms with Gasteiger partial charge in [-0.15, -0.1) is 0 Å². The van der Waals surface area contributed by atoms with Gasteiger partial charge in [-0.05, 0) is 31.5 Å². The average molecular weight is 297 g/mol. The van der Waals surface area contributed by atoms with E-state index >= 15 is 0 Å². The molecule has 4 nitrogen and oxygen atoms in total. The molecule has 0 amide bonds. The SMILES string of the molecule is CCNc1ncc(Cl)c(Nc2ccc(C)c(Cl)c2)n1. The van der Waals surface area contributed by atoms with E-state index in [1.807, 2.05) is 32.0 Å². The van der Waals surface area contributed by atoms with Crippen LogP contribution in [0.2, 0.25) is 10.0 Å². The lowest BCUT2D eigenvalue weighted by molar-refractivity contribution is 1.09. The van der Waals surface area contributed by atoms with E-state index in [0.717, 1.165) is 17.8 Å². The Kier molecular flexibility index (Phi) is 4.45. The predicted octanol–water partition coefficient (Wildman–Crippen LogP) is 4.27. The molecule has 2 aromatic rings. The number of hydrogen-bond donors (Lipinski definition) is 2. The van der Waals surface area contributed by atoms with Crippen LogP contribution in [0, 0.1) is 6.92 Å². The van der Waals surface area contributed by atoms with Gasteiger partial charge in [0.15, 0.2) is 5.82 Å². The number of benzene rings is 1. The fourth-order valence-corrected chi connectivity index (χ4v) is 1.82. The van der Waals surface area contributed by atoms with Crippen LogP contribution in [-0.2, 0) is 0 Å². The van der Waals surface area contributed by atoms with Crippen molar-refractivity contribution < 1.29 is 0 Å². The van der Waals surface area contributed by atoms with Gasteiger partial charge in [-0.1, -0.05) is 29.3 Å². The highest BCUT2D eigenvalue weighted by molar-refractivity contribution is 6.33. The molecule has 2 rings (SSSR count). The van der Waals surface area contributed by atoms with Gasteiger partial charge in [0.05, 0.1) is 6.20 Å². The number of aromatic nitrogens is 2. The zero-order valence-corrected chi connectivity index (χ0v) is 12.2. The number of halogens is 2. The summed E-state index contributed by atoms with van der Waals surface area (Å²) in [4.78, 5) is 8.38. The molecular formula is C13H14Cl2N4. The van der Waals surface area contributed by atoms with Gasteiger partial charge >= 0.3 is 0 Å². The largest absolute Gasteiger partial charge is 0.354 e. The molecule has 0 radical (unpaired) electrons. The minimum Gasteiger partial charge on any atom is -0.354 e. The molecular weight excluding hydrogens is 283 g/mol. The number of rotatable bonds is 4. The number of hydrogen-bond acceptors (Lipinski definition) is 4. The van der Waals surface area contributed by atoms with Crippen molar-refractivity contribution in [1.29, 1.82) is 0 Å². The first-order chi connectivity index (χ1) is 9.10. The van der Waals surface area contributed by atoms with Gasteiger partial charge in [0, 0.05) is 17.3 Å². The van der Waals surface area contributed by atoms with Gasteiger partial charge < -0.3 is 10.6 Å². The second kappa shape index (κ2) is 6.08. The molecule has 0 saturated heterocycles. The van der Waals surface area contributed by atoms with E-state index in [-0.39, 0.29) is 0 Å². The van der Waals surface area contributed by atoms with Crippen LogP contribution < -0.4 is 10.6 Å². The molecule has 0 bridgehead atoms. The first kappa shape index (κ1) is 13.9. The van der Waals surface area contributed by atoms with Crippen molar-refractivity contribution in [2.45, 2.75) is 13.8 Å². The van der Waals surface area contributed by atoms with Gasteiger partial charge in [0.25, 0.3) is 0 Å². The lowest BCUT2D eigenvalue weighted by Gasteiger charge is -2.10. The molecule has 0 atom stereocenters. The fourth-order valence-electron chi connectivity index (χ4n) is 1.51. The molecule has 19 heavy (non-hydrogen) atoms. The summed E-state index contributed by atoms with van der Waals surface area (Å²) < 4.78 is 0. The highest BCUT2D eigenvalue weighted by Crippen LogP contribution is 2.26. The summed E-state index contributed by atoms with van der Waals surface area (Å²) in [5.41, 5.74) is 1.85. The Bertz CT molecular complexity index is 587.